The molecule has 1 unspecified atom stereocenters. The lowest BCUT2D eigenvalue weighted by Crippen LogP contribution is -2.39. The van der Waals surface area contributed by atoms with Crippen molar-refractivity contribution < 1.29 is 4.74 Å². The third-order valence-corrected chi connectivity index (χ3v) is 4.33. The predicted octanol–water partition coefficient (Wildman–Crippen LogP) is 3.19. The van der Waals surface area contributed by atoms with Gasteiger partial charge in [0.15, 0.2) is 0 Å². The molecule has 0 spiro atoms. The normalized spacial score (nSPS) is 15.1. The SMILES string of the molecule is COCCNCC(C)(Cc1ccsc1)C(C)C. The average Bonchev–Trinajstić information content (AvgIpc) is 2.77. The van der Waals surface area contributed by atoms with Crippen molar-refractivity contribution in [3.63, 3.8) is 0 Å². The van der Waals surface area contributed by atoms with Crippen LogP contribution >= 0.6 is 11.3 Å². The first-order valence-electron chi connectivity index (χ1n) is 6.29. The molecule has 1 N–H and O–H groups in total. The Balaban J connectivity index is 2.50. The van der Waals surface area contributed by atoms with E-state index in [0.717, 1.165) is 26.1 Å². The van der Waals surface area contributed by atoms with Crippen LogP contribution in [0.15, 0.2) is 16.8 Å². The highest BCUT2D eigenvalue weighted by Gasteiger charge is 2.28. The van der Waals surface area contributed by atoms with E-state index in [1.165, 1.54) is 5.56 Å². The Morgan fingerprint density at radius 1 is 1.47 bits per heavy atom. The highest BCUT2D eigenvalue weighted by molar-refractivity contribution is 7.07. The van der Waals surface area contributed by atoms with Gasteiger partial charge in [0, 0.05) is 20.2 Å². The summed E-state index contributed by atoms with van der Waals surface area (Å²) < 4.78 is 5.06. The molecule has 0 aromatic carbocycles. The third-order valence-electron chi connectivity index (χ3n) is 3.59. The summed E-state index contributed by atoms with van der Waals surface area (Å²) in [5.74, 6) is 0.664. The molecule has 0 amide bonds. The van der Waals surface area contributed by atoms with E-state index in [0.29, 0.717) is 11.3 Å². The highest BCUT2D eigenvalue weighted by Crippen LogP contribution is 2.31. The van der Waals surface area contributed by atoms with Crippen molar-refractivity contribution in [1.82, 2.24) is 5.32 Å². The van der Waals surface area contributed by atoms with E-state index in [4.69, 9.17) is 4.74 Å². The van der Waals surface area contributed by atoms with E-state index in [2.05, 4.69) is 42.9 Å². The summed E-state index contributed by atoms with van der Waals surface area (Å²) in [5.41, 5.74) is 1.77. The Bertz CT molecular complexity index is 297. The summed E-state index contributed by atoms with van der Waals surface area (Å²) >= 11 is 1.78. The third kappa shape index (κ3) is 4.78. The first kappa shape index (κ1) is 14.7. The molecule has 0 aliphatic rings. The molecule has 0 bridgehead atoms. The molecule has 0 radical (unpaired) electrons. The minimum atomic E-state index is 0.314. The summed E-state index contributed by atoms with van der Waals surface area (Å²) in [5, 5.41) is 7.92. The standard InChI is InChI=1S/C14H25NOS/c1-12(2)14(3,11-15-6-7-16-4)9-13-5-8-17-10-13/h5,8,10,12,15H,6-7,9,11H2,1-4H3. The molecule has 1 rings (SSSR count). The number of nitrogens with one attached hydrogen (secondary N) is 1. The fraction of sp³-hybridized carbons (Fsp3) is 0.714. The van der Waals surface area contributed by atoms with Crippen LogP contribution in [-0.2, 0) is 11.2 Å². The maximum atomic E-state index is 5.06. The second-order valence-corrected chi connectivity index (χ2v) is 6.07. The maximum Gasteiger partial charge on any atom is 0.0587 e. The molecule has 0 fully saturated rings. The molecule has 1 aromatic rings. The van der Waals surface area contributed by atoms with Crippen LogP contribution < -0.4 is 5.32 Å². The number of rotatable bonds is 8. The fourth-order valence-corrected chi connectivity index (χ4v) is 2.55. The molecule has 3 heteroatoms. The van der Waals surface area contributed by atoms with Crippen LogP contribution in [0.4, 0.5) is 0 Å². The minimum Gasteiger partial charge on any atom is -0.383 e. The van der Waals surface area contributed by atoms with Crippen molar-refractivity contribution in [1.29, 1.82) is 0 Å². The molecule has 0 aliphatic heterocycles. The second kappa shape index (κ2) is 7.14. The molecule has 1 atom stereocenters. The Morgan fingerprint density at radius 2 is 2.24 bits per heavy atom. The summed E-state index contributed by atoms with van der Waals surface area (Å²) in [4.78, 5) is 0. The zero-order valence-corrected chi connectivity index (χ0v) is 12.3. The summed E-state index contributed by atoms with van der Waals surface area (Å²) in [6, 6.07) is 2.24. The molecule has 0 aliphatic carbocycles. The van der Waals surface area contributed by atoms with Gasteiger partial charge in [-0.3, -0.25) is 0 Å². The van der Waals surface area contributed by atoms with E-state index < -0.39 is 0 Å². The fourth-order valence-electron chi connectivity index (χ4n) is 1.88. The Morgan fingerprint density at radius 3 is 2.76 bits per heavy atom. The number of hydrogen-bond donors (Lipinski definition) is 1. The lowest BCUT2D eigenvalue weighted by Gasteiger charge is -2.34. The zero-order chi connectivity index (χ0) is 12.7. The van der Waals surface area contributed by atoms with Gasteiger partial charge >= 0.3 is 0 Å². The Kier molecular flexibility index (Phi) is 6.17. The first-order valence-corrected chi connectivity index (χ1v) is 7.23. The van der Waals surface area contributed by atoms with Crippen molar-refractivity contribution in [3.05, 3.63) is 22.4 Å². The van der Waals surface area contributed by atoms with Crippen LogP contribution in [0.1, 0.15) is 26.3 Å². The first-order chi connectivity index (χ1) is 8.08. The molecule has 98 valence electrons. The van der Waals surface area contributed by atoms with Gasteiger partial charge in [-0.25, -0.2) is 0 Å². The molecule has 0 saturated heterocycles. The van der Waals surface area contributed by atoms with Crippen molar-refractivity contribution >= 4 is 11.3 Å². The van der Waals surface area contributed by atoms with Crippen LogP contribution in [0.25, 0.3) is 0 Å². The average molecular weight is 255 g/mol. The maximum absolute atomic E-state index is 5.06. The van der Waals surface area contributed by atoms with E-state index >= 15 is 0 Å². The molecule has 1 aromatic heterocycles. The summed E-state index contributed by atoms with van der Waals surface area (Å²) in [6.07, 6.45) is 1.15. The van der Waals surface area contributed by atoms with Crippen LogP contribution in [0.3, 0.4) is 0 Å². The monoisotopic (exact) mass is 255 g/mol. The molecule has 17 heavy (non-hydrogen) atoms. The molecule has 1 heterocycles. The zero-order valence-electron chi connectivity index (χ0n) is 11.5. The van der Waals surface area contributed by atoms with Gasteiger partial charge in [-0.05, 0) is 40.1 Å². The summed E-state index contributed by atoms with van der Waals surface area (Å²) in [6.45, 7) is 9.75. The van der Waals surface area contributed by atoms with Gasteiger partial charge in [0.25, 0.3) is 0 Å². The van der Waals surface area contributed by atoms with Gasteiger partial charge in [-0.15, -0.1) is 0 Å². The van der Waals surface area contributed by atoms with Gasteiger partial charge in [0.05, 0.1) is 6.61 Å². The number of thiophene rings is 1. The van der Waals surface area contributed by atoms with Crippen molar-refractivity contribution in [2.45, 2.75) is 27.2 Å². The molecule has 0 saturated carbocycles. The topological polar surface area (TPSA) is 21.3 Å². The van der Waals surface area contributed by atoms with Gasteiger partial charge in [0.1, 0.15) is 0 Å². The Hall–Kier alpha value is -0.380. The van der Waals surface area contributed by atoms with E-state index in [9.17, 15) is 0 Å². The smallest absolute Gasteiger partial charge is 0.0587 e. The lowest BCUT2D eigenvalue weighted by atomic mass is 9.74. The largest absolute Gasteiger partial charge is 0.383 e. The molecule has 2 nitrogen and oxygen atoms in total. The van der Waals surface area contributed by atoms with E-state index in [1.54, 1.807) is 18.4 Å². The van der Waals surface area contributed by atoms with E-state index in [-0.39, 0.29) is 0 Å². The number of hydrogen-bond acceptors (Lipinski definition) is 3. The van der Waals surface area contributed by atoms with Crippen LogP contribution in [0.5, 0.6) is 0 Å². The van der Waals surface area contributed by atoms with Gasteiger partial charge in [-0.1, -0.05) is 20.8 Å². The van der Waals surface area contributed by atoms with Gasteiger partial charge in [-0.2, -0.15) is 11.3 Å². The van der Waals surface area contributed by atoms with Gasteiger partial charge in [0.2, 0.25) is 0 Å². The van der Waals surface area contributed by atoms with Gasteiger partial charge < -0.3 is 10.1 Å². The summed E-state index contributed by atoms with van der Waals surface area (Å²) in [7, 11) is 1.74. The van der Waals surface area contributed by atoms with Crippen LogP contribution in [-0.4, -0.2) is 26.8 Å². The van der Waals surface area contributed by atoms with Crippen LogP contribution in [0.2, 0.25) is 0 Å². The molecular weight excluding hydrogens is 230 g/mol. The lowest BCUT2D eigenvalue weighted by molar-refractivity contribution is 0.175. The van der Waals surface area contributed by atoms with Crippen molar-refractivity contribution in [2.24, 2.45) is 11.3 Å². The van der Waals surface area contributed by atoms with E-state index in [1.807, 2.05) is 0 Å². The number of methoxy groups -OCH3 is 1. The Labute approximate surface area is 109 Å². The number of ether oxygens (including phenoxy) is 1. The van der Waals surface area contributed by atoms with Crippen molar-refractivity contribution in [2.75, 3.05) is 26.8 Å². The van der Waals surface area contributed by atoms with Crippen LogP contribution in [0, 0.1) is 11.3 Å². The highest BCUT2D eigenvalue weighted by atomic mass is 32.1. The second-order valence-electron chi connectivity index (χ2n) is 5.29. The molecular formula is C14H25NOS. The van der Waals surface area contributed by atoms with Crippen molar-refractivity contribution in [3.8, 4) is 0 Å². The quantitative estimate of drug-likeness (QED) is 0.720. The minimum absolute atomic E-state index is 0.314. The predicted molar refractivity (Wildman–Crippen MR) is 75.7 cm³/mol.